The van der Waals surface area contributed by atoms with E-state index in [4.69, 9.17) is 10.5 Å². The molecule has 1 amide bonds. The number of benzene rings is 2. The smallest absolute Gasteiger partial charge is 0.231 e. The first-order valence-electron chi connectivity index (χ1n) is 7.51. The van der Waals surface area contributed by atoms with Gasteiger partial charge in [0.05, 0.1) is 18.7 Å². The Bertz CT molecular complexity index is 670. The number of hydrogen-bond donors (Lipinski definition) is 1. The highest BCUT2D eigenvalue weighted by atomic mass is 16.5. The summed E-state index contributed by atoms with van der Waals surface area (Å²) in [6, 6.07) is 15.6. The van der Waals surface area contributed by atoms with Crippen LogP contribution >= 0.6 is 0 Å². The zero-order valence-corrected chi connectivity index (χ0v) is 12.7. The van der Waals surface area contributed by atoms with Crippen LogP contribution in [0.15, 0.2) is 48.5 Å². The van der Waals surface area contributed by atoms with E-state index >= 15 is 0 Å². The van der Waals surface area contributed by atoms with Crippen LogP contribution in [0.4, 0.5) is 5.69 Å². The fourth-order valence-electron chi connectivity index (χ4n) is 2.71. The highest BCUT2D eigenvalue weighted by Gasteiger charge is 2.27. The minimum atomic E-state index is -0.0275. The van der Waals surface area contributed by atoms with Gasteiger partial charge in [0.25, 0.3) is 0 Å². The highest BCUT2D eigenvalue weighted by Crippen LogP contribution is 2.34. The summed E-state index contributed by atoms with van der Waals surface area (Å²) in [5.74, 6) is 0.825. The molecule has 0 saturated carbocycles. The summed E-state index contributed by atoms with van der Waals surface area (Å²) in [5, 5.41) is 0. The van der Waals surface area contributed by atoms with Gasteiger partial charge in [0, 0.05) is 6.54 Å². The normalized spacial score (nSPS) is 16.8. The van der Waals surface area contributed by atoms with E-state index in [-0.39, 0.29) is 12.0 Å². The lowest BCUT2D eigenvalue weighted by Gasteiger charge is -2.33. The lowest BCUT2D eigenvalue weighted by molar-refractivity contribution is -0.118. The molecule has 2 aromatic rings. The Morgan fingerprint density at radius 1 is 1.23 bits per heavy atom. The van der Waals surface area contributed by atoms with Gasteiger partial charge < -0.3 is 15.4 Å². The molecule has 22 heavy (non-hydrogen) atoms. The molecule has 0 fully saturated rings. The standard InChI is InChI=1S/C18H20N2O2/c1-13-12-20(18(21)10-14-5-3-2-4-6-14)16-8-7-15(11-19)9-17(16)22-13/h2-9,13H,10-12,19H2,1H3. The van der Waals surface area contributed by atoms with Crippen molar-refractivity contribution in [1.29, 1.82) is 0 Å². The first-order chi connectivity index (χ1) is 10.7. The molecule has 1 atom stereocenters. The van der Waals surface area contributed by atoms with Gasteiger partial charge in [-0.05, 0) is 30.2 Å². The van der Waals surface area contributed by atoms with Crippen molar-refractivity contribution in [2.75, 3.05) is 11.4 Å². The van der Waals surface area contributed by atoms with Gasteiger partial charge in [-0.1, -0.05) is 36.4 Å². The number of amides is 1. The molecule has 114 valence electrons. The molecule has 0 spiro atoms. The van der Waals surface area contributed by atoms with Crippen molar-refractivity contribution in [3.05, 3.63) is 59.7 Å². The van der Waals surface area contributed by atoms with E-state index in [1.54, 1.807) is 0 Å². The van der Waals surface area contributed by atoms with Gasteiger partial charge in [0.15, 0.2) is 0 Å². The van der Waals surface area contributed by atoms with E-state index in [0.29, 0.717) is 19.5 Å². The summed E-state index contributed by atoms with van der Waals surface area (Å²) in [6.07, 6.45) is 0.367. The van der Waals surface area contributed by atoms with Crippen LogP contribution in [0.3, 0.4) is 0 Å². The third-order valence-corrected chi connectivity index (χ3v) is 3.82. The summed E-state index contributed by atoms with van der Waals surface area (Å²) in [7, 11) is 0. The Kier molecular flexibility index (Phi) is 4.11. The number of rotatable bonds is 3. The van der Waals surface area contributed by atoms with Gasteiger partial charge in [-0.25, -0.2) is 0 Å². The number of nitrogens with zero attached hydrogens (tertiary/aromatic N) is 1. The van der Waals surface area contributed by atoms with E-state index in [1.165, 1.54) is 0 Å². The first-order valence-corrected chi connectivity index (χ1v) is 7.51. The largest absolute Gasteiger partial charge is 0.487 e. The maximum absolute atomic E-state index is 12.7. The van der Waals surface area contributed by atoms with Gasteiger partial charge in [-0.2, -0.15) is 0 Å². The number of carbonyl (C=O) groups is 1. The second-order valence-corrected chi connectivity index (χ2v) is 5.60. The summed E-state index contributed by atoms with van der Waals surface area (Å²) in [5.41, 5.74) is 8.53. The molecule has 2 N–H and O–H groups in total. The molecule has 1 aliphatic heterocycles. The van der Waals surface area contributed by atoms with Crippen molar-refractivity contribution >= 4 is 11.6 Å². The number of ether oxygens (including phenoxy) is 1. The Hall–Kier alpha value is -2.33. The van der Waals surface area contributed by atoms with Crippen LogP contribution in [0, 0.1) is 0 Å². The Labute approximate surface area is 130 Å². The fourth-order valence-corrected chi connectivity index (χ4v) is 2.71. The van der Waals surface area contributed by atoms with Gasteiger partial charge in [-0.15, -0.1) is 0 Å². The van der Waals surface area contributed by atoms with Gasteiger partial charge >= 0.3 is 0 Å². The SMILES string of the molecule is CC1CN(C(=O)Cc2ccccc2)c2ccc(CN)cc2O1. The van der Waals surface area contributed by atoms with E-state index in [2.05, 4.69) is 0 Å². The quantitative estimate of drug-likeness (QED) is 0.947. The van der Waals surface area contributed by atoms with Crippen molar-refractivity contribution in [2.45, 2.75) is 26.0 Å². The Balaban J connectivity index is 1.87. The van der Waals surface area contributed by atoms with Crippen molar-refractivity contribution in [1.82, 2.24) is 0 Å². The van der Waals surface area contributed by atoms with Crippen molar-refractivity contribution in [3.63, 3.8) is 0 Å². The molecule has 4 nitrogen and oxygen atoms in total. The second-order valence-electron chi connectivity index (χ2n) is 5.60. The molecule has 2 aromatic carbocycles. The molecular formula is C18H20N2O2. The third-order valence-electron chi connectivity index (χ3n) is 3.82. The first kappa shape index (κ1) is 14.6. The summed E-state index contributed by atoms with van der Waals surface area (Å²) in [6.45, 7) is 3.00. The zero-order chi connectivity index (χ0) is 15.5. The number of carbonyl (C=O) groups excluding carboxylic acids is 1. The third kappa shape index (κ3) is 2.97. The summed E-state index contributed by atoms with van der Waals surface area (Å²) < 4.78 is 5.86. The molecular weight excluding hydrogens is 276 g/mol. The molecule has 0 saturated heterocycles. The van der Waals surface area contributed by atoms with Gasteiger partial charge in [0.1, 0.15) is 11.9 Å². The maximum atomic E-state index is 12.7. The summed E-state index contributed by atoms with van der Waals surface area (Å²) >= 11 is 0. The van der Waals surface area contributed by atoms with E-state index in [9.17, 15) is 4.79 Å². The topological polar surface area (TPSA) is 55.6 Å². The van der Waals surface area contributed by atoms with Crippen molar-refractivity contribution in [2.24, 2.45) is 5.73 Å². The van der Waals surface area contributed by atoms with Gasteiger partial charge in [-0.3, -0.25) is 4.79 Å². The molecule has 4 heteroatoms. The van der Waals surface area contributed by atoms with Crippen LogP contribution in [-0.4, -0.2) is 18.6 Å². The van der Waals surface area contributed by atoms with E-state index in [1.807, 2.05) is 60.4 Å². The van der Waals surface area contributed by atoms with Crippen LogP contribution in [0.1, 0.15) is 18.1 Å². The second kappa shape index (κ2) is 6.20. The predicted octanol–water partition coefficient (Wildman–Crippen LogP) is 2.50. The van der Waals surface area contributed by atoms with Crippen LogP contribution in [0.2, 0.25) is 0 Å². The number of anilines is 1. The lowest BCUT2D eigenvalue weighted by Crippen LogP contribution is -2.43. The monoisotopic (exact) mass is 296 g/mol. The Morgan fingerprint density at radius 2 is 2.00 bits per heavy atom. The highest BCUT2D eigenvalue weighted by molar-refractivity contribution is 5.96. The zero-order valence-electron chi connectivity index (χ0n) is 12.7. The van der Waals surface area contributed by atoms with E-state index in [0.717, 1.165) is 22.6 Å². The maximum Gasteiger partial charge on any atom is 0.231 e. The van der Waals surface area contributed by atoms with Crippen LogP contribution in [0.5, 0.6) is 5.75 Å². The van der Waals surface area contributed by atoms with E-state index < -0.39 is 0 Å². The molecule has 0 aliphatic carbocycles. The minimum Gasteiger partial charge on any atom is -0.487 e. The molecule has 1 aliphatic rings. The molecule has 0 bridgehead atoms. The van der Waals surface area contributed by atoms with Crippen LogP contribution in [-0.2, 0) is 17.8 Å². The summed E-state index contributed by atoms with van der Waals surface area (Å²) in [4.78, 5) is 14.5. The average Bonchev–Trinajstić information content (AvgIpc) is 2.54. The average molecular weight is 296 g/mol. The fraction of sp³-hybridized carbons (Fsp3) is 0.278. The predicted molar refractivity (Wildman–Crippen MR) is 86.9 cm³/mol. The van der Waals surface area contributed by atoms with Crippen LogP contribution in [0.25, 0.3) is 0 Å². The molecule has 3 rings (SSSR count). The molecule has 0 radical (unpaired) electrons. The molecule has 0 aromatic heterocycles. The number of fused-ring (bicyclic) bond motifs is 1. The molecule has 1 unspecified atom stereocenters. The van der Waals surface area contributed by atoms with Crippen molar-refractivity contribution in [3.8, 4) is 5.75 Å². The Morgan fingerprint density at radius 3 is 2.73 bits per heavy atom. The number of hydrogen-bond acceptors (Lipinski definition) is 3. The lowest BCUT2D eigenvalue weighted by atomic mass is 10.1. The number of nitrogens with two attached hydrogens (primary N) is 1. The molecule has 1 heterocycles. The minimum absolute atomic E-state index is 0.0275. The van der Waals surface area contributed by atoms with Gasteiger partial charge in [0.2, 0.25) is 5.91 Å². The van der Waals surface area contributed by atoms with Crippen molar-refractivity contribution < 1.29 is 9.53 Å². The van der Waals surface area contributed by atoms with Crippen LogP contribution < -0.4 is 15.4 Å².